The second-order valence-corrected chi connectivity index (χ2v) is 4.77. The van der Waals surface area contributed by atoms with Crippen LogP contribution in [0.25, 0.3) is 0 Å². The molecule has 7 heteroatoms. The van der Waals surface area contributed by atoms with Gasteiger partial charge < -0.3 is 21.1 Å². The minimum atomic E-state index is -0.886. The van der Waals surface area contributed by atoms with E-state index in [2.05, 4.69) is 5.32 Å². The Hall–Kier alpha value is -1.79. The summed E-state index contributed by atoms with van der Waals surface area (Å²) in [7, 11) is 0. The summed E-state index contributed by atoms with van der Waals surface area (Å²) in [6.07, 6.45) is 2.98. The van der Waals surface area contributed by atoms with Crippen LogP contribution in [0.5, 0.6) is 0 Å². The molecule has 0 spiro atoms. The topological polar surface area (TPSA) is 113 Å². The Bertz CT molecular complexity index is 359. The van der Waals surface area contributed by atoms with E-state index >= 15 is 0 Å². The Labute approximate surface area is 112 Å². The van der Waals surface area contributed by atoms with Gasteiger partial charge in [0.25, 0.3) is 0 Å². The molecule has 7 nitrogen and oxygen atoms in total. The number of carboxylic acids is 1. The third-order valence-electron chi connectivity index (χ3n) is 3.41. The van der Waals surface area contributed by atoms with Crippen LogP contribution in [0, 0.1) is 5.92 Å². The predicted molar refractivity (Wildman–Crippen MR) is 68.4 cm³/mol. The van der Waals surface area contributed by atoms with Crippen LogP contribution in [0.2, 0.25) is 0 Å². The maximum absolute atomic E-state index is 12.0. The van der Waals surface area contributed by atoms with Crippen LogP contribution in [0.15, 0.2) is 0 Å². The van der Waals surface area contributed by atoms with Crippen molar-refractivity contribution >= 4 is 17.9 Å². The maximum atomic E-state index is 12.0. The van der Waals surface area contributed by atoms with Gasteiger partial charge in [-0.3, -0.25) is 9.59 Å². The van der Waals surface area contributed by atoms with Crippen molar-refractivity contribution in [3.8, 4) is 0 Å². The van der Waals surface area contributed by atoms with Gasteiger partial charge in [-0.2, -0.15) is 0 Å². The number of aliphatic carboxylic acids is 1. The zero-order chi connectivity index (χ0) is 14.4. The van der Waals surface area contributed by atoms with E-state index in [1.54, 1.807) is 6.92 Å². The van der Waals surface area contributed by atoms with Crippen LogP contribution in [0.4, 0.5) is 4.79 Å². The first-order valence-corrected chi connectivity index (χ1v) is 6.52. The molecule has 0 bridgehead atoms. The van der Waals surface area contributed by atoms with E-state index in [1.807, 2.05) is 0 Å². The summed E-state index contributed by atoms with van der Waals surface area (Å²) in [5.41, 5.74) is 5.06. The number of likely N-dealkylation sites (N-methyl/N-ethyl adjacent to an activating group) is 1. The van der Waals surface area contributed by atoms with Crippen LogP contribution in [0.1, 0.15) is 32.6 Å². The highest BCUT2D eigenvalue weighted by Crippen LogP contribution is 2.24. The van der Waals surface area contributed by atoms with Gasteiger partial charge in [0, 0.05) is 12.6 Å². The Morgan fingerprint density at radius 2 is 1.95 bits per heavy atom. The van der Waals surface area contributed by atoms with E-state index in [9.17, 15) is 14.4 Å². The second-order valence-electron chi connectivity index (χ2n) is 4.77. The number of urea groups is 1. The van der Waals surface area contributed by atoms with Crippen molar-refractivity contribution in [1.82, 2.24) is 10.2 Å². The van der Waals surface area contributed by atoms with E-state index < -0.39 is 23.8 Å². The lowest BCUT2D eigenvalue weighted by Crippen LogP contribution is -2.51. The number of carbonyl (C=O) groups excluding carboxylic acids is 2. The lowest BCUT2D eigenvalue weighted by atomic mass is 9.84. The first kappa shape index (κ1) is 15.3. The van der Waals surface area contributed by atoms with Crippen molar-refractivity contribution in [2.45, 2.75) is 38.6 Å². The zero-order valence-corrected chi connectivity index (χ0v) is 11.1. The highest BCUT2D eigenvalue weighted by Gasteiger charge is 2.32. The number of nitrogens with zero attached hydrogens (tertiary/aromatic N) is 1. The minimum absolute atomic E-state index is 0.160. The monoisotopic (exact) mass is 271 g/mol. The molecule has 1 saturated carbocycles. The Morgan fingerprint density at radius 3 is 2.47 bits per heavy atom. The molecule has 0 aromatic rings. The van der Waals surface area contributed by atoms with Gasteiger partial charge in [0.2, 0.25) is 5.91 Å². The molecule has 2 unspecified atom stereocenters. The zero-order valence-electron chi connectivity index (χ0n) is 11.1. The van der Waals surface area contributed by atoms with Crippen molar-refractivity contribution in [2.75, 3.05) is 13.1 Å². The van der Waals surface area contributed by atoms with Crippen molar-refractivity contribution in [3.63, 3.8) is 0 Å². The summed E-state index contributed by atoms with van der Waals surface area (Å²) in [5.74, 6) is -2.02. The molecular formula is C12H21N3O4. The van der Waals surface area contributed by atoms with Crippen LogP contribution in [0.3, 0.4) is 0 Å². The molecule has 0 aliphatic heterocycles. The molecule has 1 aliphatic carbocycles. The third-order valence-corrected chi connectivity index (χ3v) is 3.41. The SMILES string of the molecule is CCN(CC(N)=O)C(=O)NC1CCCCC1C(=O)O. The number of rotatable bonds is 5. The summed E-state index contributed by atoms with van der Waals surface area (Å²) in [5, 5.41) is 11.8. The van der Waals surface area contributed by atoms with Crippen molar-refractivity contribution in [2.24, 2.45) is 11.7 Å². The molecule has 4 N–H and O–H groups in total. The quantitative estimate of drug-likeness (QED) is 0.660. The summed E-state index contributed by atoms with van der Waals surface area (Å²) in [6, 6.07) is -0.805. The Morgan fingerprint density at radius 1 is 1.32 bits per heavy atom. The van der Waals surface area contributed by atoms with Gasteiger partial charge in [-0.1, -0.05) is 12.8 Å². The molecule has 1 fully saturated rings. The Kier molecular flexibility index (Phi) is 5.59. The number of nitrogens with two attached hydrogens (primary N) is 1. The van der Waals surface area contributed by atoms with Gasteiger partial charge in [0.15, 0.2) is 0 Å². The molecule has 0 aromatic heterocycles. The standard InChI is InChI=1S/C12H21N3O4/c1-2-15(7-10(13)16)12(19)14-9-6-4-3-5-8(9)11(17)18/h8-9H,2-7H2,1H3,(H2,13,16)(H,14,19)(H,17,18). The van der Waals surface area contributed by atoms with Crippen molar-refractivity contribution in [3.05, 3.63) is 0 Å². The minimum Gasteiger partial charge on any atom is -0.481 e. The number of nitrogens with one attached hydrogen (secondary N) is 1. The van der Waals surface area contributed by atoms with Crippen LogP contribution in [-0.4, -0.2) is 47.0 Å². The number of carboxylic acid groups (broad SMARTS) is 1. The number of hydrogen-bond acceptors (Lipinski definition) is 3. The fourth-order valence-electron chi connectivity index (χ4n) is 2.36. The molecule has 2 atom stereocenters. The third kappa shape index (κ3) is 4.42. The summed E-state index contributed by atoms with van der Waals surface area (Å²) < 4.78 is 0. The number of hydrogen-bond donors (Lipinski definition) is 3. The van der Waals surface area contributed by atoms with Gasteiger partial charge in [0.1, 0.15) is 6.54 Å². The second kappa shape index (κ2) is 6.96. The molecule has 0 aromatic carbocycles. The van der Waals surface area contributed by atoms with Crippen molar-refractivity contribution in [1.29, 1.82) is 0 Å². The van der Waals surface area contributed by atoms with Gasteiger partial charge in [-0.05, 0) is 19.8 Å². The molecule has 108 valence electrons. The summed E-state index contributed by atoms with van der Waals surface area (Å²) >= 11 is 0. The number of primary amides is 1. The summed E-state index contributed by atoms with van der Waals surface area (Å²) in [4.78, 5) is 35.2. The van der Waals surface area contributed by atoms with E-state index in [4.69, 9.17) is 10.8 Å². The Balaban J connectivity index is 2.62. The van der Waals surface area contributed by atoms with Crippen LogP contribution in [-0.2, 0) is 9.59 Å². The number of carbonyl (C=O) groups is 3. The predicted octanol–water partition coefficient (Wildman–Crippen LogP) is 0.147. The van der Waals surface area contributed by atoms with Gasteiger partial charge in [-0.25, -0.2) is 4.79 Å². The largest absolute Gasteiger partial charge is 0.481 e. The first-order chi connectivity index (χ1) is 8.95. The molecule has 1 rings (SSSR count). The fourth-order valence-corrected chi connectivity index (χ4v) is 2.36. The van der Waals surface area contributed by atoms with E-state index in [1.165, 1.54) is 4.90 Å². The molecule has 19 heavy (non-hydrogen) atoms. The fraction of sp³-hybridized carbons (Fsp3) is 0.750. The molecular weight excluding hydrogens is 250 g/mol. The van der Waals surface area contributed by atoms with Gasteiger partial charge in [0.05, 0.1) is 5.92 Å². The highest BCUT2D eigenvalue weighted by atomic mass is 16.4. The average molecular weight is 271 g/mol. The average Bonchev–Trinajstić information content (AvgIpc) is 2.35. The maximum Gasteiger partial charge on any atom is 0.318 e. The number of amides is 3. The van der Waals surface area contributed by atoms with Crippen molar-refractivity contribution < 1.29 is 19.5 Å². The summed E-state index contributed by atoms with van der Waals surface area (Å²) in [6.45, 7) is 1.92. The molecule has 0 saturated heterocycles. The highest BCUT2D eigenvalue weighted by molar-refractivity contribution is 5.83. The lowest BCUT2D eigenvalue weighted by molar-refractivity contribution is -0.143. The lowest BCUT2D eigenvalue weighted by Gasteiger charge is -2.31. The van der Waals surface area contributed by atoms with Crippen LogP contribution >= 0.6 is 0 Å². The molecule has 1 aliphatic rings. The molecule has 0 heterocycles. The smallest absolute Gasteiger partial charge is 0.318 e. The van der Waals surface area contributed by atoms with E-state index in [-0.39, 0.29) is 12.6 Å². The first-order valence-electron chi connectivity index (χ1n) is 6.52. The van der Waals surface area contributed by atoms with E-state index in [0.29, 0.717) is 19.4 Å². The molecule has 0 radical (unpaired) electrons. The van der Waals surface area contributed by atoms with Gasteiger partial charge >= 0.3 is 12.0 Å². The molecule has 3 amide bonds. The normalized spacial score (nSPS) is 22.6. The van der Waals surface area contributed by atoms with Gasteiger partial charge in [-0.15, -0.1) is 0 Å². The van der Waals surface area contributed by atoms with Crippen LogP contribution < -0.4 is 11.1 Å². The van der Waals surface area contributed by atoms with E-state index in [0.717, 1.165) is 12.8 Å².